The predicted octanol–water partition coefficient (Wildman–Crippen LogP) is 4.02. The molecule has 2 saturated carbocycles. The molecule has 1 saturated heterocycles. The van der Waals surface area contributed by atoms with Gasteiger partial charge in [0.05, 0.1) is 0 Å². The van der Waals surface area contributed by atoms with Crippen LogP contribution in [0.15, 0.2) is 4.99 Å². The number of likely N-dealkylation sites (tertiary alicyclic amines) is 1. The Bertz CT molecular complexity index is 495. The number of piperidine rings is 1. The van der Waals surface area contributed by atoms with E-state index in [9.17, 15) is 4.79 Å². The molecule has 162 valence electrons. The Morgan fingerprint density at radius 1 is 1.00 bits per heavy atom. The van der Waals surface area contributed by atoms with E-state index >= 15 is 0 Å². The van der Waals surface area contributed by atoms with E-state index in [2.05, 4.69) is 36.3 Å². The number of nitrogens with one attached hydrogen (secondary N) is 2. The molecule has 0 atom stereocenters. The molecule has 6 heteroatoms. The largest absolute Gasteiger partial charge is 0.357 e. The number of guanidine groups is 1. The first-order chi connectivity index (χ1) is 13.2. The van der Waals surface area contributed by atoms with Crippen LogP contribution in [0.2, 0.25) is 0 Å². The van der Waals surface area contributed by atoms with E-state index in [0.717, 1.165) is 75.6 Å². The number of rotatable bonds is 9. The van der Waals surface area contributed by atoms with Crippen molar-refractivity contribution >= 4 is 35.8 Å². The van der Waals surface area contributed by atoms with Gasteiger partial charge in [0.1, 0.15) is 0 Å². The number of hydrogen-bond acceptors (Lipinski definition) is 2. The second-order valence-electron chi connectivity index (χ2n) is 8.82. The van der Waals surface area contributed by atoms with Crippen LogP contribution >= 0.6 is 24.0 Å². The molecule has 3 aliphatic rings. The average molecular weight is 505 g/mol. The molecule has 0 aromatic heterocycles. The Kier molecular flexibility index (Phi) is 9.84. The summed E-state index contributed by atoms with van der Waals surface area (Å²) < 4.78 is 0. The van der Waals surface area contributed by atoms with Crippen LogP contribution in [0.1, 0.15) is 72.1 Å². The summed E-state index contributed by atoms with van der Waals surface area (Å²) in [5.74, 6) is 4.26. The summed E-state index contributed by atoms with van der Waals surface area (Å²) in [5, 5.41) is 7.08. The normalized spacial score (nSPS) is 21.0. The van der Waals surface area contributed by atoms with Gasteiger partial charge in [-0.3, -0.25) is 9.79 Å². The van der Waals surface area contributed by atoms with Crippen molar-refractivity contribution in [1.82, 2.24) is 15.5 Å². The predicted molar refractivity (Wildman–Crippen MR) is 127 cm³/mol. The lowest BCUT2D eigenvalue weighted by atomic mass is 9.98. The molecular formula is C22H41IN4O. The highest BCUT2D eigenvalue weighted by Gasteiger charge is 2.41. The van der Waals surface area contributed by atoms with Gasteiger partial charge in [-0.25, -0.2) is 0 Å². The highest BCUT2D eigenvalue weighted by Crippen LogP contribution is 2.49. The van der Waals surface area contributed by atoms with Gasteiger partial charge in [-0.15, -0.1) is 24.0 Å². The Hall–Kier alpha value is -0.530. The number of halogens is 1. The van der Waals surface area contributed by atoms with Crippen molar-refractivity contribution in [1.29, 1.82) is 0 Å². The number of hydrogen-bond donors (Lipinski definition) is 2. The van der Waals surface area contributed by atoms with Gasteiger partial charge in [0.2, 0.25) is 5.91 Å². The lowest BCUT2D eigenvalue weighted by Gasteiger charge is -2.35. The van der Waals surface area contributed by atoms with Crippen molar-refractivity contribution < 1.29 is 4.79 Å². The molecule has 2 N–H and O–H groups in total. The zero-order chi connectivity index (χ0) is 19.2. The molecule has 0 unspecified atom stereocenters. The number of carbonyl (C=O) groups excluding carboxylic acids is 1. The van der Waals surface area contributed by atoms with Gasteiger partial charge in [0.25, 0.3) is 0 Å². The number of carbonyl (C=O) groups is 1. The summed E-state index contributed by atoms with van der Waals surface area (Å²) in [4.78, 5) is 19.6. The van der Waals surface area contributed by atoms with E-state index in [1.807, 2.05) is 0 Å². The molecule has 0 radical (unpaired) electrons. The molecule has 0 spiro atoms. The van der Waals surface area contributed by atoms with Crippen molar-refractivity contribution in [3.05, 3.63) is 0 Å². The lowest BCUT2D eigenvalue weighted by molar-refractivity contribution is -0.136. The molecule has 2 aliphatic carbocycles. The van der Waals surface area contributed by atoms with E-state index in [1.165, 1.54) is 25.7 Å². The topological polar surface area (TPSA) is 56.7 Å². The van der Waals surface area contributed by atoms with Gasteiger partial charge in [-0.1, -0.05) is 13.8 Å². The standard InChI is InChI=1S/C22H40N4O.HI/c1-4-16(5-2)21(27)26-13-11-19(12-14-26)25-22(23-6-3)24-15-20(17-7-8-17)18-9-10-18;/h16-20H,4-15H2,1-3H3,(H2,23,24,25);1H. The van der Waals surface area contributed by atoms with E-state index in [-0.39, 0.29) is 29.9 Å². The number of aliphatic imine (C=N–C) groups is 1. The van der Waals surface area contributed by atoms with E-state index in [0.29, 0.717) is 11.9 Å². The molecule has 1 aliphatic heterocycles. The molecule has 1 heterocycles. The fraction of sp³-hybridized carbons (Fsp3) is 0.909. The monoisotopic (exact) mass is 504 g/mol. The quantitative estimate of drug-likeness (QED) is 0.283. The van der Waals surface area contributed by atoms with E-state index < -0.39 is 0 Å². The minimum atomic E-state index is 0. The maximum absolute atomic E-state index is 12.6. The van der Waals surface area contributed by atoms with Gasteiger partial charge in [-0.05, 0) is 76.0 Å². The molecule has 0 aromatic carbocycles. The highest BCUT2D eigenvalue weighted by molar-refractivity contribution is 14.0. The third kappa shape index (κ3) is 6.77. The van der Waals surface area contributed by atoms with E-state index in [1.54, 1.807) is 0 Å². The van der Waals surface area contributed by atoms with Crippen LogP contribution in [0, 0.1) is 23.7 Å². The fourth-order valence-electron chi connectivity index (χ4n) is 4.58. The van der Waals surface area contributed by atoms with Gasteiger partial charge < -0.3 is 15.5 Å². The third-order valence-corrected chi connectivity index (χ3v) is 6.74. The van der Waals surface area contributed by atoms with Crippen LogP contribution in [0.25, 0.3) is 0 Å². The molecule has 0 aromatic rings. The summed E-state index contributed by atoms with van der Waals surface area (Å²) >= 11 is 0. The average Bonchev–Trinajstić information content (AvgIpc) is 3.57. The summed E-state index contributed by atoms with van der Waals surface area (Å²) in [6, 6.07) is 0.425. The summed E-state index contributed by atoms with van der Waals surface area (Å²) in [6.07, 6.45) is 9.62. The zero-order valence-corrected chi connectivity index (χ0v) is 20.4. The first-order valence-electron chi connectivity index (χ1n) is 11.5. The molecule has 3 fully saturated rings. The number of amides is 1. The van der Waals surface area contributed by atoms with E-state index in [4.69, 9.17) is 4.99 Å². The van der Waals surface area contributed by atoms with Crippen LogP contribution in [-0.4, -0.2) is 49.0 Å². The van der Waals surface area contributed by atoms with Crippen molar-refractivity contribution in [3.8, 4) is 0 Å². The maximum atomic E-state index is 12.6. The van der Waals surface area contributed by atoms with Crippen LogP contribution in [0.5, 0.6) is 0 Å². The molecular weight excluding hydrogens is 463 g/mol. The second-order valence-corrected chi connectivity index (χ2v) is 8.82. The van der Waals surface area contributed by atoms with Crippen LogP contribution in [0.4, 0.5) is 0 Å². The minimum absolute atomic E-state index is 0. The Labute approximate surface area is 188 Å². The summed E-state index contributed by atoms with van der Waals surface area (Å²) in [5.41, 5.74) is 0. The first-order valence-corrected chi connectivity index (χ1v) is 11.5. The summed E-state index contributed by atoms with van der Waals surface area (Å²) in [6.45, 7) is 10.0. The Balaban J connectivity index is 0.00000280. The lowest BCUT2D eigenvalue weighted by Crippen LogP contribution is -2.50. The minimum Gasteiger partial charge on any atom is -0.357 e. The van der Waals surface area contributed by atoms with Gasteiger partial charge in [0.15, 0.2) is 5.96 Å². The summed E-state index contributed by atoms with van der Waals surface area (Å²) in [7, 11) is 0. The molecule has 0 bridgehead atoms. The van der Waals surface area contributed by atoms with Gasteiger partial charge in [-0.2, -0.15) is 0 Å². The zero-order valence-electron chi connectivity index (χ0n) is 18.1. The third-order valence-electron chi connectivity index (χ3n) is 6.74. The molecule has 28 heavy (non-hydrogen) atoms. The number of nitrogens with zero attached hydrogens (tertiary/aromatic N) is 2. The second kappa shape index (κ2) is 11.6. The van der Waals surface area contributed by atoms with Gasteiger partial charge >= 0.3 is 0 Å². The van der Waals surface area contributed by atoms with Crippen LogP contribution in [0.3, 0.4) is 0 Å². The van der Waals surface area contributed by atoms with Crippen molar-refractivity contribution in [3.63, 3.8) is 0 Å². The smallest absolute Gasteiger partial charge is 0.225 e. The first kappa shape index (κ1) is 23.7. The van der Waals surface area contributed by atoms with Crippen LogP contribution in [-0.2, 0) is 4.79 Å². The van der Waals surface area contributed by atoms with Crippen molar-refractivity contribution in [2.75, 3.05) is 26.2 Å². The van der Waals surface area contributed by atoms with Crippen molar-refractivity contribution in [2.24, 2.45) is 28.7 Å². The molecule has 1 amide bonds. The SMILES string of the molecule is CCNC(=NCC(C1CC1)C1CC1)NC1CCN(C(=O)C(CC)CC)CC1.I. The van der Waals surface area contributed by atoms with Crippen LogP contribution < -0.4 is 10.6 Å². The molecule has 5 nitrogen and oxygen atoms in total. The Morgan fingerprint density at radius 3 is 2.04 bits per heavy atom. The van der Waals surface area contributed by atoms with Crippen molar-refractivity contribution in [2.45, 2.75) is 78.2 Å². The highest BCUT2D eigenvalue weighted by atomic mass is 127. The van der Waals surface area contributed by atoms with Gasteiger partial charge in [0, 0.05) is 38.1 Å². The maximum Gasteiger partial charge on any atom is 0.225 e. The molecule has 3 rings (SSSR count). The fourth-order valence-corrected chi connectivity index (χ4v) is 4.58. The Morgan fingerprint density at radius 2 is 1.57 bits per heavy atom.